The van der Waals surface area contributed by atoms with Gasteiger partial charge in [-0.1, -0.05) is 13.8 Å². The Morgan fingerprint density at radius 3 is 1.97 bits per heavy atom. The van der Waals surface area contributed by atoms with Crippen LogP contribution in [-0.4, -0.2) is 36.3 Å². The first-order valence-corrected chi connectivity index (χ1v) is 9.56. The molecule has 9 heteroatoms. The molecular weight excluding hydrogens is 405 g/mol. The van der Waals surface area contributed by atoms with Crippen molar-refractivity contribution >= 4 is 35.1 Å². The molecule has 0 aromatic heterocycles. The van der Waals surface area contributed by atoms with E-state index in [-0.39, 0.29) is 17.4 Å². The molecule has 0 radical (unpaired) electrons. The first kappa shape index (κ1) is 23.5. The minimum atomic E-state index is -0.984. The molecular formula is C22H24FN3O5. The van der Waals surface area contributed by atoms with Crippen molar-refractivity contribution in [3.05, 3.63) is 59.9 Å². The van der Waals surface area contributed by atoms with Gasteiger partial charge in [-0.3, -0.25) is 14.4 Å². The maximum absolute atomic E-state index is 13.0. The van der Waals surface area contributed by atoms with Crippen LogP contribution in [0.1, 0.15) is 31.1 Å². The summed E-state index contributed by atoms with van der Waals surface area (Å²) in [6.45, 7) is 4.28. The summed E-state index contributed by atoms with van der Waals surface area (Å²) in [6.07, 6.45) is 0. The van der Waals surface area contributed by atoms with Crippen LogP contribution < -0.4 is 16.0 Å². The van der Waals surface area contributed by atoms with Crippen molar-refractivity contribution in [2.75, 3.05) is 17.2 Å². The van der Waals surface area contributed by atoms with Crippen molar-refractivity contribution in [1.82, 2.24) is 5.32 Å². The summed E-state index contributed by atoms with van der Waals surface area (Å²) < 4.78 is 18.1. The molecule has 0 bridgehead atoms. The van der Waals surface area contributed by atoms with Crippen LogP contribution in [-0.2, 0) is 19.1 Å². The molecule has 0 saturated carbocycles. The molecule has 1 atom stereocenters. The first-order chi connectivity index (χ1) is 14.7. The molecule has 164 valence electrons. The van der Waals surface area contributed by atoms with Gasteiger partial charge in [0, 0.05) is 23.9 Å². The van der Waals surface area contributed by atoms with Crippen molar-refractivity contribution in [2.45, 2.75) is 26.8 Å². The number of hydrogen-bond donors (Lipinski definition) is 3. The fourth-order valence-corrected chi connectivity index (χ4v) is 2.59. The molecule has 0 aliphatic carbocycles. The predicted molar refractivity (Wildman–Crippen MR) is 113 cm³/mol. The third kappa shape index (κ3) is 7.54. The monoisotopic (exact) mass is 429 g/mol. The van der Waals surface area contributed by atoms with E-state index in [1.165, 1.54) is 19.1 Å². The van der Waals surface area contributed by atoms with Gasteiger partial charge in [0.2, 0.25) is 5.91 Å². The molecule has 2 aromatic carbocycles. The average Bonchev–Trinajstić information content (AvgIpc) is 2.71. The van der Waals surface area contributed by atoms with Crippen molar-refractivity contribution < 1.29 is 28.3 Å². The number of carbonyl (C=O) groups is 4. The van der Waals surface area contributed by atoms with E-state index in [9.17, 15) is 23.6 Å². The molecule has 8 nitrogen and oxygen atoms in total. The average molecular weight is 429 g/mol. The van der Waals surface area contributed by atoms with Gasteiger partial charge < -0.3 is 20.7 Å². The second-order valence-corrected chi connectivity index (χ2v) is 7.12. The predicted octanol–water partition coefficient (Wildman–Crippen LogP) is 2.72. The topological polar surface area (TPSA) is 114 Å². The number of ether oxygens (including phenoxy) is 1. The van der Waals surface area contributed by atoms with Gasteiger partial charge in [-0.25, -0.2) is 9.18 Å². The van der Waals surface area contributed by atoms with Crippen LogP contribution in [0.5, 0.6) is 0 Å². The van der Waals surface area contributed by atoms with Crippen LogP contribution in [0.25, 0.3) is 0 Å². The fourth-order valence-electron chi connectivity index (χ4n) is 2.59. The highest BCUT2D eigenvalue weighted by molar-refractivity contribution is 5.97. The molecule has 31 heavy (non-hydrogen) atoms. The molecule has 3 amide bonds. The Kier molecular flexibility index (Phi) is 8.25. The van der Waals surface area contributed by atoms with Crippen molar-refractivity contribution in [1.29, 1.82) is 0 Å². The minimum absolute atomic E-state index is 0.195. The molecule has 2 aromatic rings. The highest BCUT2D eigenvalue weighted by Crippen LogP contribution is 2.13. The van der Waals surface area contributed by atoms with Crippen molar-refractivity contribution in [2.24, 2.45) is 5.92 Å². The number of anilines is 2. The van der Waals surface area contributed by atoms with E-state index >= 15 is 0 Å². The van der Waals surface area contributed by atoms with Gasteiger partial charge in [-0.05, 0) is 54.4 Å². The summed E-state index contributed by atoms with van der Waals surface area (Å²) in [4.78, 5) is 47.8. The second-order valence-electron chi connectivity index (χ2n) is 7.12. The SMILES string of the molecule is CC(=O)Nc1ccc(NC(=O)COC(=O)C(NC(=O)c2ccc(F)cc2)C(C)C)cc1. The van der Waals surface area contributed by atoms with Gasteiger partial charge in [0.05, 0.1) is 0 Å². The molecule has 0 heterocycles. The highest BCUT2D eigenvalue weighted by atomic mass is 19.1. The third-order valence-corrected chi connectivity index (χ3v) is 4.15. The number of amides is 3. The molecule has 0 spiro atoms. The lowest BCUT2D eigenvalue weighted by Gasteiger charge is -2.20. The lowest BCUT2D eigenvalue weighted by atomic mass is 10.0. The summed E-state index contributed by atoms with van der Waals surface area (Å²) >= 11 is 0. The van der Waals surface area contributed by atoms with E-state index in [0.717, 1.165) is 12.1 Å². The van der Waals surface area contributed by atoms with Crippen LogP contribution in [0.2, 0.25) is 0 Å². The van der Waals surface area contributed by atoms with Crippen LogP contribution in [0.15, 0.2) is 48.5 Å². The van der Waals surface area contributed by atoms with Gasteiger partial charge in [0.1, 0.15) is 11.9 Å². The van der Waals surface area contributed by atoms with Crippen LogP contribution in [0.4, 0.5) is 15.8 Å². The zero-order valence-electron chi connectivity index (χ0n) is 17.4. The van der Waals surface area contributed by atoms with Gasteiger partial charge in [-0.15, -0.1) is 0 Å². The smallest absolute Gasteiger partial charge is 0.329 e. The van der Waals surface area contributed by atoms with Crippen molar-refractivity contribution in [3.8, 4) is 0 Å². The number of halogens is 1. The standard InChI is InChI=1S/C22H24FN3O5/c1-13(2)20(26-21(29)15-4-6-16(23)7-5-15)22(30)31-12-19(28)25-18-10-8-17(9-11-18)24-14(3)27/h4-11,13,20H,12H2,1-3H3,(H,24,27)(H,25,28)(H,26,29). The number of esters is 1. The molecule has 0 aliphatic heterocycles. The number of carbonyl (C=O) groups excluding carboxylic acids is 4. The molecule has 0 aliphatic rings. The number of nitrogens with one attached hydrogen (secondary N) is 3. The fraction of sp³-hybridized carbons (Fsp3) is 0.273. The Morgan fingerprint density at radius 1 is 0.903 bits per heavy atom. The Hall–Kier alpha value is -3.75. The summed E-state index contributed by atoms with van der Waals surface area (Å²) in [5.74, 6) is -2.88. The lowest BCUT2D eigenvalue weighted by Crippen LogP contribution is -2.45. The molecule has 3 N–H and O–H groups in total. The molecule has 0 saturated heterocycles. The Labute approximate surface area is 179 Å². The van der Waals surface area contributed by atoms with E-state index in [0.29, 0.717) is 11.4 Å². The number of benzene rings is 2. The van der Waals surface area contributed by atoms with Crippen LogP contribution in [0.3, 0.4) is 0 Å². The van der Waals surface area contributed by atoms with E-state index < -0.39 is 36.2 Å². The lowest BCUT2D eigenvalue weighted by molar-refractivity contribution is -0.150. The van der Waals surface area contributed by atoms with Gasteiger partial charge in [-0.2, -0.15) is 0 Å². The summed E-state index contributed by atoms with van der Waals surface area (Å²) in [6, 6.07) is 10.3. The van der Waals surface area contributed by atoms with E-state index in [2.05, 4.69) is 16.0 Å². The first-order valence-electron chi connectivity index (χ1n) is 9.56. The summed E-state index contributed by atoms with van der Waals surface area (Å²) in [5.41, 5.74) is 1.23. The van der Waals surface area contributed by atoms with Crippen LogP contribution >= 0.6 is 0 Å². The Morgan fingerprint density at radius 2 is 1.45 bits per heavy atom. The van der Waals surface area contributed by atoms with E-state index in [1.54, 1.807) is 38.1 Å². The molecule has 0 fully saturated rings. The maximum atomic E-state index is 13.0. The quantitative estimate of drug-likeness (QED) is 0.559. The van der Waals surface area contributed by atoms with Gasteiger partial charge in [0.15, 0.2) is 6.61 Å². The second kappa shape index (κ2) is 10.9. The van der Waals surface area contributed by atoms with E-state index in [1.807, 2.05) is 0 Å². The van der Waals surface area contributed by atoms with Gasteiger partial charge in [0.25, 0.3) is 11.8 Å². The summed E-state index contributed by atoms with van der Waals surface area (Å²) in [5, 5.41) is 7.72. The van der Waals surface area contributed by atoms with E-state index in [4.69, 9.17) is 4.74 Å². The third-order valence-electron chi connectivity index (χ3n) is 4.15. The summed E-state index contributed by atoms with van der Waals surface area (Å²) in [7, 11) is 0. The maximum Gasteiger partial charge on any atom is 0.329 e. The Balaban J connectivity index is 1.89. The highest BCUT2D eigenvalue weighted by Gasteiger charge is 2.26. The zero-order chi connectivity index (χ0) is 23.0. The normalized spacial score (nSPS) is 11.4. The zero-order valence-corrected chi connectivity index (χ0v) is 17.4. The minimum Gasteiger partial charge on any atom is -0.454 e. The largest absolute Gasteiger partial charge is 0.454 e. The van der Waals surface area contributed by atoms with Gasteiger partial charge >= 0.3 is 5.97 Å². The Bertz CT molecular complexity index is 943. The van der Waals surface area contributed by atoms with Crippen LogP contribution in [0, 0.1) is 11.7 Å². The number of rotatable bonds is 8. The molecule has 2 rings (SSSR count). The molecule has 1 unspecified atom stereocenters. The number of hydrogen-bond acceptors (Lipinski definition) is 5. The van der Waals surface area contributed by atoms with Crippen molar-refractivity contribution in [3.63, 3.8) is 0 Å².